The maximum atomic E-state index is 14.2. The highest BCUT2D eigenvalue weighted by Gasteiger charge is 2.42. The van der Waals surface area contributed by atoms with Crippen molar-refractivity contribution >= 4 is 23.2 Å². The summed E-state index contributed by atoms with van der Waals surface area (Å²) in [7, 11) is 0. The molecule has 1 aromatic heterocycles. The molecular formula is C28H23ClF4N2O2. The van der Waals surface area contributed by atoms with Crippen LogP contribution in [0.5, 0.6) is 0 Å². The van der Waals surface area contributed by atoms with Crippen LogP contribution in [0.2, 0.25) is 5.02 Å². The Balaban J connectivity index is 1.45. The molecule has 4 nitrogen and oxygen atoms in total. The number of nitrogens with zero attached hydrogens (tertiary/aromatic N) is 2. The van der Waals surface area contributed by atoms with Gasteiger partial charge in [-0.2, -0.15) is 18.3 Å². The van der Waals surface area contributed by atoms with Gasteiger partial charge in [-0.15, -0.1) is 5.73 Å². The molecule has 2 aliphatic carbocycles. The maximum absolute atomic E-state index is 14.2. The predicted molar refractivity (Wildman–Crippen MR) is 132 cm³/mol. The van der Waals surface area contributed by atoms with Crippen LogP contribution in [0.3, 0.4) is 0 Å². The second-order valence-corrected chi connectivity index (χ2v) is 9.57. The maximum Gasteiger partial charge on any atom is 0.417 e. The van der Waals surface area contributed by atoms with E-state index < -0.39 is 29.4 Å². The van der Waals surface area contributed by atoms with Crippen LogP contribution in [-0.2, 0) is 9.59 Å². The molecule has 2 atom stereocenters. The highest BCUT2D eigenvalue weighted by atomic mass is 35.5. The second-order valence-electron chi connectivity index (χ2n) is 9.13. The molecule has 2 aromatic rings. The summed E-state index contributed by atoms with van der Waals surface area (Å²) in [6.45, 7) is 3.70. The van der Waals surface area contributed by atoms with Crippen LogP contribution in [-0.4, -0.2) is 27.5 Å². The minimum absolute atomic E-state index is 0.0491. The fourth-order valence-corrected chi connectivity index (χ4v) is 4.87. The van der Waals surface area contributed by atoms with Gasteiger partial charge in [0.2, 0.25) is 0 Å². The van der Waals surface area contributed by atoms with Crippen molar-refractivity contribution in [2.45, 2.75) is 45.2 Å². The van der Waals surface area contributed by atoms with E-state index in [2.05, 4.69) is 10.8 Å². The number of hydrogen-bond donors (Lipinski definition) is 0. The molecule has 37 heavy (non-hydrogen) atoms. The molecule has 4 rings (SSSR count). The van der Waals surface area contributed by atoms with Gasteiger partial charge in [-0.25, -0.2) is 9.07 Å². The fraction of sp³-hybridized carbons (Fsp3) is 0.286. The van der Waals surface area contributed by atoms with Gasteiger partial charge in [-0.05, 0) is 73.7 Å². The molecule has 0 aliphatic heterocycles. The van der Waals surface area contributed by atoms with E-state index in [0.29, 0.717) is 35.6 Å². The Bertz CT molecular complexity index is 1400. The molecule has 1 aromatic carbocycles. The molecule has 0 saturated heterocycles. The van der Waals surface area contributed by atoms with Crippen LogP contribution < -0.4 is 0 Å². The van der Waals surface area contributed by atoms with E-state index in [4.69, 9.17) is 11.6 Å². The summed E-state index contributed by atoms with van der Waals surface area (Å²) in [6.07, 6.45) is 4.55. The first-order valence-electron chi connectivity index (χ1n) is 11.6. The molecule has 0 N–H and O–H groups in total. The lowest BCUT2D eigenvalue weighted by Crippen LogP contribution is -2.18. The van der Waals surface area contributed by atoms with Gasteiger partial charge in [0.15, 0.2) is 5.78 Å². The Kier molecular flexibility index (Phi) is 7.53. The third-order valence-electron chi connectivity index (χ3n) is 6.48. The average Bonchev–Trinajstić information content (AvgIpc) is 3.29. The Morgan fingerprint density at radius 3 is 2.51 bits per heavy atom. The zero-order chi connectivity index (χ0) is 26.9. The van der Waals surface area contributed by atoms with E-state index >= 15 is 0 Å². The number of allylic oxidation sites excluding steroid dienone is 7. The Morgan fingerprint density at radius 2 is 1.89 bits per heavy atom. The van der Waals surface area contributed by atoms with Gasteiger partial charge in [-0.1, -0.05) is 23.8 Å². The molecule has 0 radical (unpaired) electrons. The fourth-order valence-electron chi connectivity index (χ4n) is 4.74. The van der Waals surface area contributed by atoms with Crippen molar-refractivity contribution in [2.24, 2.45) is 5.92 Å². The van der Waals surface area contributed by atoms with Crippen LogP contribution >= 0.6 is 11.6 Å². The minimum atomic E-state index is -4.67. The molecule has 2 aliphatic rings. The van der Waals surface area contributed by atoms with Crippen molar-refractivity contribution in [3.63, 3.8) is 0 Å². The van der Waals surface area contributed by atoms with Crippen LogP contribution in [0.1, 0.15) is 41.9 Å². The Labute approximate surface area is 216 Å². The summed E-state index contributed by atoms with van der Waals surface area (Å²) >= 11 is 5.96. The predicted octanol–water partition coefficient (Wildman–Crippen LogP) is 7.16. The largest absolute Gasteiger partial charge is 0.417 e. The summed E-state index contributed by atoms with van der Waals surface area (Å²) in [4.78, 5) is 26.1. The van der Waals surface area contributed by atoms with Crippen molar-refractivity contribution in [3.05, 3.63) is 99.3 Å². The van der Waals surface area contributed by atoms with Crippen LogP contribution in [0, 0.1) is 19.8 Å². The van der Waals surface area contributed by atoms with Crippen LogP contribution in [0.25, 0.3) is 5.69 Å². The number of halogens is 5. The molecular weight excluding hydrogens is 508 g/mol. The third kappa shape index (κ3) is 5.76. The Hall–Kier alpha value is -3.48. The molecule has 1 saturated carbocycles. The number of aryl methyl sites for hydroxylation is 2. The van der Waals surface area contributed by atoms with E-state index in [1.54, 1.807) is 17.0 Å². The number of ketones is 2. The van der Waals surface area contributed by atoms with Crippen molar-refractivity contribution in [1.82, 2.24) is 9.78 Å². The quantitative estimate of drug-likeness (QED) is 0.226. The normalized spacial score (nSPS) is 20.4. The molecule has 1 heterocycles. The summed E-state index contributed by atoms with van der Waals surface area (Å²) in [5, 5.41) is 4.69. The summed E-state index contributed by atoms with van der Waals surface area (Å²) in [6, 6.07) is 3.72. The van der Waals surface area contributed by atoms with Gasteiger partial charge in [0, 0.05) is 24.1 Å². The highest BCUT2D eigenvalue weighted by molar-refractivity contribution is 6.30. The van der Waals surface area contributed by atoms with E-state index in [9.17, 15) is 27.2 Å². The van der Waals surface area contributed by atoms with Crippen molar-refractivity contribution in [2.75, 3.05) is 0 Å². The molecule has 0 spiro atoms. The van der Waals surface area contributed by atoms with Crippen molar-refractivity contribution in [3.8, 4) is 5.69 Å². The molecule has 192 valence electrons. The molecule has 0 bridgehead atoms. The zero-order valence-corrected chi connectivity index (χ0v) is 20.8. The van der Waals surface area contributed by atoms with Gasteiger partial charge in [-0.3, -0.25) is 9.59 Å². The van der Waals surface area contributed by atoms with Crippen LogP contribution in [0.15, 0.2) is 77.6 Å². The standard InChI is InChI=1S/C28H23ClF4N2O2/c1-16-10-22(35-15-21(29)14-34-35)11-17(2)25(16)26-24(36)12-19(27(26)37)7-4-3-6-18-8-5-9-20(13-23(18)30)28(31,32)33/h3,6,8-11,13-15,19,26H,4,7,12H2,1-2H3/b6-3+. The molecule has 1 fully saturated rings. The topological polar surface area (TPSA) is 52.0 Å². The molecule has 9 heteroatoms. The lowest BCUT2D eigenvalue weighted by atomic mass is 9.86. The first-order chi connectivity index (χ1) is 17.5. The first-order valence-corrected chi connectivity index (χ1v) is 12.0. The van der Waals surface area contributed by atoms with E-state index in [-0.39, 0.29) is 23.6 Å². The molecule has 0 amide bonds. The second kappa shape index (κ2) is 10.5. The first kappa shape index (κ1) is 26.6. The van der Waals surface area contributed by atoms with Crippen molar-refractivity contribution < 1.29 is 27.2 Å². The number of carbonyl (C=O) groups is 2. The van der Waals surface area contributed by atoms with Gasteiger partial charge in [0.05, 0.1) is 22.5 Å². The van der Waals surface area contributed by atoms with Gasteiger partial charge < -0.3 is 0 Å². The minimum Gasteiger partial charge on any atom is -0.298 e. The summed E-state index contributed by atoms with van der Waals surface area (Å²) in [5.74, 6) is -2.64. The monoisotopic (exact) mass is 530 g/mol. The third-order valence-corrected chi connectivity index (χ3v) is 6.68. The van der Waals surface area contributed by atoms with Crippen molar-refractivity contribution in [1.29, 1.82) is 0 Å². The zero-order valence-electron chi connectivity index (χ0n) is 20.1. The summed E-state index contributed by atoms with van der Waals surface area (Å²) < 4.78 is 54.4. The van der Waals surface area contributed by atoms with Gasteiger partial charge in [0.25, 0.3) is 0 Å². The number of alkyl halides is 3. The molecule has 2 unspecified atom stereocenters. The van der Waals surface area contributed by atoms with Gasteiger partial charge in [0.1, 0.15) is 17.5 Å². The van der Waals surface area contributed by atoms with Gasteiger partial charge >= 0.3 is 6.18 Å². The van der Waals surface area contributed by atoms with Crippen LogP contribution in [0.4, 0.5) is 17.6 Å². The number of hydrogen-bond acceptors (Lipinski definition) is 3. The van der Waals surface area contributed by atoms with E-state index in [1.807, 2.05) is 26.0 Å². The SMILES string of the molecule is Cc1cc(-n2cc(Cl)cn2)cc(C)c1C1C(=O)CC(CC/C=C/C2=C(F)C=C(C(F)(F)F)C=C=C2)C1=O. The number of Topliss-reactive ketones (excluding diaryl/α,β-unsaturated/α-hetero) is 2. The highest BCUT2D eigenvalue weighted by Crippen LogP contribution is 2.38. The van der Waals surface area contributed by atoms with E-state index in [0.717, 1.165) is 22.9 Å². The lowest BCUT2D eigenvalue weighted by molar-refractivity contribution is -0.124. The number of benzene rings is 1. The lowest BCUT2D eigenvalue weighted by Gasteiger charge is -2.17. The number of rotatable bonds is 6. The number of carbonyl (C=O) groups excluding carboxylic acids is 2. The number of aromatic nitrogens is 2. The average molecular weight is 531 g/mol. The Morgan fingerprint density at radius 1 is 1.19 bits per heavy atom. The summed E-state index contributed by atoms with van der Waals surface area (Å²) in [5.41, 5.74) is 4.23. The van der Waals surface area contributed by atoms with E-state index in [1.165, 1.54) is 12.3 Å². The smallest absolute Gasteiger partial charge is 0.298 e.